The number of halogens is 2. The maximum Gasteiger partial charge on any atom is 0.183 e. The molecule has 0 bridgehead atoms. The Morgan fingerprint density at radius 1 is 1.04 bits per heavy atom. The summed E-state index contributed by atoms with van der Waals surface area (Å²) in [5, 5.41) is 2.31. The van der Waals surface area contributed by atoms with Crippen LogP contribution >= 0.6 is 11.6 Å². The van der Waals surface area contributed by atoms with Crippen LogP contribution in [0.25, 0.3) is 0 Å². The van der Waals surface area contributed by atoms with E-state index in [1.54, 1.807) is 12.1 Å². The van der Waals surface area contributed by atoms with E-state index in [9.17, 15) is 21.2 Å². The SMILES string of the molecule is O=S1(=O)C[C@H](NCc2ccc(F)cc2)[C@@H](S(=O)(=O)c2ccc(Cl)cc2)C1. The van der Waals surface area contributed by atoms with Crippen molar-refractivity contribution in [2.45, 2.75) is 22.7 Å². The maximum atomic E-state index is 13.0. The summed E-state index contributed by atoms with van der Waals surface area (Å²) in [4.78, 5) is 0.0394. The Morgan fingerprint density at radius 3 is 2.27 bits per heavy atom. The van der Waals surface area contributed by atoms with Crippen molar-refractivity contribution in [3.05, 3.63) is 64.9 Å². The normalized spacial score (nSPS) is 22.4. The molecule has 1 N–H and O–H groups in total. The van der Waals surface area contributed by atoms with Gasteiger partial charge in [-0.25, -0.2) is 21.2 Å². The lowest BCUT2D eigenvalue weighted by atomic mass is 10.2. The zero-order valence-corrected chi connectivity index (χ0v) is 16.0. The Bertz CT molecular complexity index is 990. The minimum atomic E-state index is -3.85. The molecule has 0 unspecified atom stereocenters. The molecular weight excluding hydrogens is 401 g/mol. The largest absolute Gasteiger partial charge is 0.308 e. The first-order valence-electron chi connectivity index (χ1n) is 7.85. The molecule has 1 fully saturated rings. The summed E-state index contributed by atoms with van der Waals surface area (Å²) >= 11 is 5.79. The smallest absolute Gasteiger partial charge is 0.183 e. The van der Waals surface area contributed by atoms with Crippen LogP contribution in [0.1, 0.15) is 5.56 Å². The minimum Gasteiger partial charge on any atom is -0.308 e. The molecule has 2 atom stereocenters. The number of rotatable bonds is 5. The van der Waals surface area contributed by atoms with Gasteiger partial charge in [0.2, 0.25) is 0 Å². The second-order valence-electron chi connectivity index (χ2n) is 6.23. The fourth-order valence-electron chi connectivity index (χ4n) is 2.96. The monoisotopic (exact) mass is 417 g/mol. The fraction of sp³-hybridized carbons (Fsp3) is 0.294. The van der Waals surface area contributed by atoms with Gasteiger partial charge >= 0.3 is 0 Å². The van der Waals surface area contributed by atoms with E-state index in [0.29, 0.717) is 5.02 Å². The van der Waals surface area contributed by atoms with Crippen molar-refractivity contribution in [3.63, 3.8) is 0 Å². The Labute approximate surface area is 157 Å². The Kier molecular flexibility index (Phi) is 5.39. The number of hydrogen-bond acceptors (Lipinski definition) is 5. The maximum absolute atomic E-state index is 13.0. The summed E-state index contributed by atoms with van der Waals surface area (Å²) in [6.07, 6.45) is 0. The van der Waals surface area contributed by atoms with Crippen LogP contribution in [-0.4, -0.2) is 39.6 Å². The summed E-state index contributed by atoms with van der Waals surface area (Å²) in [7, 11) is -7.33. The van der Waals surface area contributed by atoms with Gasteiger partial charge in [-0.05, 0) is 42.0 Å². The highest BCUT2D eigenvalue weighted by molar-refractivity contribution is 7.96. The lowest BCUT2D eigenvalue weighted by molar-refractivity contribution is 0.525. The number of nitrogens with one attached hydrogen (secondary N) is 1. The zero-order valence-electron chi connectivity index (χ0n) is 13.6. The Hall–Kier alpha value is -1.48. The highest BCUT2D eigenvalue weighted by atomic mass is 35.5. The average molecular weight is 418 g/mol. The quantitative estimate of drug-likeness (QED) is 0.806. The molecule has 5 nitrogen and oxygen atoms in total. The van der Waals surface area contributed by atoms with Gasteiger partial charge in [-0.1, -0.05) is 23.7 Å². The predicted molar refractivity (Wildman–Crippen MR) is 98.1 cm³/mol. The van der Waals surface area contributed by atoms with Crippen molar-refractivity contribution in [2.24, 2.45) is 0 Å². The van der Waals surface area contributed by atoms with Crippen LogP contribution in [0.5, 0.6) is 0 Å². The third-order valence-electron chi connectivity index (χ3n) is 4.32. The van der Waals surface area contributed by atoms with Crippen LogP contribution in [0.4, 0.5) is 4.39 Å². The van der Waals surface area contributed by atoms with E-state index in [4.69, 9.17) is 11.6 Å². The van der Waals surface area contributed by atoms with Crippen LogP contribution in [0.2, 0.25) is 5.02 Å². The van der Waals surface area contributed by atoms with E-state index in [2.05, 4.69) is 5.32 Å². The third-order valence-corrected chi connectivity index (χ3v) is 8.74. The average Bonchev–Trinajstić information content (AvgIpc) is 2.90. The molecular formula is C17H17ClFNO4S2. The Morgan fingerprint density at radius 2 is 1.65 bits per heavy atom. The first-order chi connectivity index (χ1) is 12.2. The number of benzene rings is 2. The first-order valence-corrected chi connectivity index (χ1v) is 11.6. The van der Waals surface area contributed by atoms with E-state index in [0.717, 1.165) is 5.56 Å². The van der Waals surface area contributed by atoms with Gasteiger partial charge < -0.3 is 5.32 Å². The highest BCUT2D eigenvalue weighted by Gasteiger charge is 2.45. The molecule has 0 saturated carbocycles. The predicted octanol–water partition coefficient (Wildman–Crippen LogP) is 2.21. The highest BCUT2D eigenvalue weighted by Crippen LogP contribution is 2.27. The van der Waals surface area contributed by atoms with Crippen LogP contribution in [0.3, 0.4) is 0 Å². The molecule has 0 radical (unpaired) electrons. The molecule has 1 aliphatic heterocycles. The van der Waals surface area contributed by atoms with Crippen molar-refractivity contribution >= 4 is 31.3 Å². The van der Waals surface area contributed by atoms with E-state index in [1.807, 2.05) is 0 Å². The van der Waals surface area contributed by atoms with Gasteiger partial charge in [-0.15, -0.1) is 0 Å². The lowest BCUT2D eigenvalue weighted by Gasteiger charge is -2.20. The second kappa shape index (κ2) is 7.26. The van der Waals surface area contributed by atoms with Crippen LogP contribution in [-0.2, 0) is 26.2 Å². The van der Waals surface area contributed by atoms with Gasteiger partial charge in [0.25, 0.3) is 0 Å². The standard InChI is InChI=1S/C17H17ClFNO4S2/c18-13-3-7-15(8-4-13)26(23,24)17-11-25(21,22)10-16(17)20-9-12-1-5-14(19)6-2-12/h1-8,16-17,20H,9-11H2/t16-,17-/m0/s1. The van der Waals surface area contributed by atoms with E-state index in [1.165, 1.54) is 36.4 Å². The summed E-state index contributed by atoms with van der Waals surface area (Å²) < 4.78 is 62.9. The molecule has 2 aromatic rings. The lowest BCUT2D eigenvalue weighted by Crippen LogP contribution is -2.43. The summed E-state index contributed by atoms with van der Waals surface area (Å²) in [5.74, 6) is -1.06. The van der Waals surface area contributed by atoms with Gasteiger partial charge in [-0.3, -0.25) is 0 Å². The molecule has 0 amide bonds. The number of sulfone groups is 2. The Balaban J connectivity index is 1.83. The van der Waals surface area contributed by atoms with Crippen LogP contribution in [0, 0.1) is 5.82 Å². The van der Waals surface area contributed by atoms with Crippen LogP contribution < -0.4 is 5.32 Å². The molecule has 0 aliphatic carbocycles. The van der Waals surface area contributed by atoms with E-state index in [-0.39, 0.29) is 23.0 Å². The molecule has 9 heteroatoms. The molecule has 26 heavy (non-hydrogen) atoms. The van der Waals surface area contributed by atoms with E-state index >= 15 is 0 Å². The molecule has 1 aliphatic rings. The number of hydrogen-bond donors (Lipinski definition) is 1. The molecule has 3 rings (SSSR count). The van der Waals surface area contributed by atoms with Crippen molar-refractivity contribution in [2.75, 3.05) is 11.5 Å². The summed E-state index contributed by atoms with van der Waals surface area (Å²) in [5.41, 5.74) is 0.735. The summed E-state index contributed by atoms with van der Waals surface area (Å²) in [6, 6.07) is 10.6. The van der Waals surface area contributed by atoms with Gasteiger partial charge in [0.05, 0.1) is 21.7 Å². The molecule has 1 saturated heterocycles. The second-order valence-corrected chi connectivity index (χ2v) is 11.0. The van der Waals surface area contributed by atoms with Gasteiger partial charge in [0.15, 0.2) is 19.7 Å². The molecule has 0 aromatic heterocycles. The van der Waals surface area contributed by atoms with Gasteiger partial charge in [0, 0.05) is 17.6 Å². The van der Waals surface area contributed by atoms with Crippen molar-refractivity contribution < 1.29 is 21.2 Å². The molecule has 2 aromatic carbocycles. The van der Waals surface area contributed by atoms with Crippen molar-refractivity contribution in [1.29, 1.82) is 0 Å². The fourth-order valence-corrected chi connectivity index (χ4v) is 7.80. The third kappa shape index (κ3) is 4.25. The van der Waals surface area contributed by atoms with E-state index < -0.39 is 36.7 Å². The molecule has 1 heterocycles. The topological polar surface area (TPSA) is 80.3 Å². The minimum absolute atomic E-state index is 0.0394. The molecule has 140 valence electrons. The first kappa shape index (κ1) is 19.3. The summed E-state index contributed by atoms with van der Waals surface area (Å²) in [6.45, 7) is 0.243. The van der Waals surface area contributed by atoms with Gasteiger partial charge in [-0.2, -0.15) is 0 Å². The zero-order chi connectivity index (χ0) is 18.9. The van der Waals surface area contributed by atoms with Gasteiger partial charge in [0.1, 0.15) is 5.82 Å². The van der Waals surface area contributed by atoms with Crippen LogP contribution in [0.15, 0.2) is 53.4 Å². The van der Waals surface area contributed by atoms with Crippen molar-refractivity contribution in [3.8, 4) is 0 Å². The van der Waals surface area contributed by atoms with Crippen molar-refractivity contribution in [1.82, 2.24) is 5.32 Å². The molecule has 0 spiro atoms.